The van der Waals surface area contributed by atoms with Gasteiger partial charge >= 0.3 is 0 Å². The molecular weight excluding hydrogens is 270 g/mol. The Kier molecular flexibility index (Phi) is 4.02. The van der Waals surface area contributed by atoms with E-state index in [0.717, 1.165) is 27.9 Å². The maximum Gasteiger partial charge on any atom is 0.102 e. The summed E-state index contributed by atoms with van der Waals surface area (Å²) in [5.41, 5.74) is 5.64. The van der Waals surface area contributed by atoms with E-state index < -0.39 is 5.41 Å². The first kappa shape index (κ1) is 15.7. The van der Waals surface area contributed by atoms with E-state index >= 15 is 0 Å². The number of benzene rings is 1. The Morgan fingerprint density at radius 1 is 0.955 bits per heavy atom. The SMILES string of the molecule is Cc1nc(-c2ccc(C(C)(C)C#N)cc2)c(C#N)c(C)c1C. The molecule has 2 aromatic rings. The Labute approximate surface area is 131 Å². The smallest absolute Gasteiger partial charge is 0.102 e. The Hall–Kier alpha value is -2.65. The van der Waals surface area contributed by atoms with E-state index in [4.69, 9.17) is 0 Å². The van der Waals surface area contributed by atoms with Gasteiger partial charge < -0.3 is 0 Å². The molecule has 0 amide bonds. The van der Waals surface area contributed by atoms with Crippen LogP contribution in [-0.4, -0.2) is 4.98 Å². The lowest BCUT2D eigenvalue weighted by atomic mass is 9.85. The molecule has 0 atom stereocenters. The van der Waals surface area contributed by atoms with Crippen molar-refractivity contribution in [2.45, 2.75) is 40.0 Å². The summed E-state index contributed by atoms with van der Waals surface area (Å²) >= 11 is 0. The highest BCUT2D eigenvalue weighted by molar-refractivity contribution is 5.70. The quantitative estimate of drug-likeness (QED) is 0.825. The van der Waals surface area contributed by atoms with Crippen LogP contribution in [0.3, 0.4) is 0 Å². The largest absolute Gasteiger partial charge is 0.251 e. The molecular formula is C19H19N3. The van der Waals surface area contributed by atoms with Crippen LogP contribution < -0.4 is 0 Å². The Morgan fingerprint density at radius 2 is 1.55 bits per heavy atom. The first-order valence-corrected chi connectivity index (χ1v) is 7.22. The van der Waals surface area contributed by atoms with Crippen LogP contribution in [0, 0.1) is 43.4 Å². The van der Waals surface area contributed by atoms with Crippen LogP contribution in [0.1, 0.15) is 41.8 Å². The zero-order valence-corrected chi connectivity index (χ0v) is 13.7. The van der Waals surface area contributed by atoms with Crippen molar-refractivity contribution in [2.24, 2.45) is 0 Å². The van der Waals surface area contributed by atoms with Crippen molar-refractivity contribution in [3.8, 4) is 23.4 Å². The van der Waals surface area contributed by atoms with Gasteiger partial charge in [-0.15, -0.1) is 0 Å². The normalized spacial score (nSPS) is 10.9. The predicted octanol–water partition coefficient (Wildman–Crippen LogP) is 4.35. The fourth-order valence-corrected chi connectivity index (χ4v) is 2.40. The van der Waals surface area contributed by atoms with Gasteiger partial charge in [-0.1, -0.05) is 24.3 Å². The third-order valence-corrected chi connectivity index (χ3v) is 4.27. The van der Waals surface area contributed by atoms with Crippen molar-refractivity contribution >= 4 is 0 Å². The molecule has 0 N–H and O–H groups in total. The van der Waals surface area contributed by atoms with Crippen molar-refractivity contribution in [1.29, 1.82) is 10.5 Å². The average molecular weight is 289 g/mol. The molecule has 0 radical (unpaired) electrons. The Bertz CT molecular complexity index is 801. The molecule has 0 spiro atoms. The number of nitriles is 2. The number of aryl methyl sites for hydroxylation is 1. The summed E-state index contributed by atoms with van der Waals surface area (Å²) in [6, 6.07) is 12.3. The van der Waals surface area contributed by atoms with Crippen molar-refractivity contribution < 1.29 is 0 Å². The molecule has 22 heavy (non-hydrogen) atoms. The van der Waals surface area contributed by atoms with Crippen molar-refractivity contribution in [1.82, 2.24) is 4.98 Å². The number of nitrogens with zero attached hydrogens (tertiary/aromatic N) is 3. The van der Waals surface area contributed by atoms with Crippen LogP contribution in [0.2, 0.25) is 0 Å². The zero-order valence-electron chi connectivity index (χ0n) is 13.7. The topological polar surface area (TPSA) is 60.5 Å². The van der Waals surface area contributed by atoms with Crippen LogP contribution in [0.15, 0.2) is 24.3 Å². The van der Waals surface area contributed by atoms with Gasteiger partial charge in [0.2, 0.25) is 0 Å². The highest BCUT2D eigenvalue weighted by Crippen LogP contribution is 2.29. The molecule has 2 rings (SSSR count). The second-order valence-electron chi connectivity index (χ2n) is 6.10. The van der Waals surface area contributed by atoms with Gasteiger partial charge in [0.1, 0.15) is 6.07 Å². The van der Waals surface area contributed by atoms with E-state index in [9.17, 15) is 10.5 Å². The monoisotopic (exact) mass is 289 g/mol. The highest BCUT2D eigenvalue weighted by Gasteiger charge is 2.20. The van der Waals surface area contributed by atoms with Gasteiger partial charge in [-0.2, -0.15) is 10.5 Å². The second-order valence-corrected chi connectivity index (χ2v) is 6.10. The number of pyridine rings is 1. The molecule has 1 aromatic heterocycles. The van der Waals surface area contributed by atoms with Crippen LogP contribution in [0.5, 0.6) is 0 Å². The molecule has 0 bridgehead atoms. The molecule has 0 aliphatic rings. The predicted molar refractivity (Wildman–Crippen MR) is 87.2 cm³/mol. The molecule has 0 unspecified atom stereocenters. The summed E-state index contributed by atoms with van der Waals surface area (Å²) in [6.45, 7) is 9.68. The van der Waals surface area contributed by atoms with Gasteiger partial charge in [-0.3, -0.25) is 4.98 Å². The minimum Gasteiger partial charge on any atom is -0.251 e. The number of hydrogen-bond donors (Lipinski definition) is 0. The van der Waals surface area contributed by atoms with Crippen LogP contribution in [-0.2, 0) is 5.41 Å². The lowest BCUT2D eigenvalue weighted by Crippen LogP contribution is -2.13. The van der Waals surface area contributed by atoms with Crippen molar-refractivity contribution in [3.63, 3.8) is 0 Å². The molecule has 110 valence electrons. The minimum absolute atomic E-state index is 0.525. The standard InChI is InChI=1S/C19H19N3/c1-12-13(2)17(10-20)18(22-14(12)3)15-6-8-16(9-7-15)19(4,5)11-21/h6-9H,1-5H3. The lowest BCUT2D eigenvalue weighted by molar-refractivity contribution is 0.687. The van der Waals surface area contributed by atoms with E-state index in [2.05, 4.69) is 17.1 Å². The minimum atomic E-state index is -0.525. The molecule has 1 heterocycles. The van der Waals surface area contributed by atoms with E-state index in [1.54, 1.807) is 0 Å². The van der Waals surface area contributed by atoms with E-state index in [1.807, 2.05) is 58.9 Å². The Balaban J connectivity index is 2.60. The fraction of sp³-hybridized carbons (Fsp3) is 0.316. The van der Waals surface area contributed by atoms with Gasteiger partial charge in [0.25, 0.3) is 0 Å². The van der Waals surface area contributed by atoms with Crippen LogP contribution in [0.25, 0.3) is 11.3 Å². The third-order valence-electron chi connectivity index (χ3n) is 4.27. The molecule has 0 saturated carbocycles. The van der Waals surface area contributed by atoms with E-state index in [1.165, 1.54) is 0 Å². The number of hydrogen-bond acceptors (Lipinski definition) is 3. The van der Waals surface area contributed by atoms with Crippen molar-refractivity contribution in [2.75, 3.05) is 0 Å². The summed E-state index contributed by atoms with van der Waals surface area (Å²) in [5.74, 6) is 0. The summed E-state index contributed by atoms with van der Waals surface area (Å²) in [4.78, 5) is 4.60. The van der Waals surface area contributed by atoms with Gasteiger partial charge in [-0.05, 0) is 51.3 Å². The molecule has 3 nitrogen and oxygen atoms in total. The summed E-state index contributed by atoms with van der Waals surface area (Å²) in [5, 5.41) is 18.7. The average Bonchev–Trinajstić information content (AvgIpc) is 2.52. The summed E-state index contributed by atoms with van der Waals surface area (Å²) < 4.78 is 0. The van der Waals surface area contributed by atoms with Gasteiger partial charge in [0, 0.05) is 11.3 Å². The molecule has 3 heteroatoms. The van der Waals surface area contributed by atoms with Crippen LogP contribution in [0.4, 0.5) is 0 Å². The van der Waals surface area contributed by atoms with Gasteiger partial charge in [0.05, 0.1) is 22.7 Å². The second kappa shape index (κ2) is 5.62. The third kappa shape index (κ3) is 2.59. The highest BCUT2D eigenvalue weighted by atomic mass is 14.7. The van der Waals surface area contributed by atoms with Gasteiger partial charge in [0.15, 0.2) is 0 Å². The van der Waals surface area contributed by atoms with E-state index in [0.29, 0.717) is 11.3 Å². The first-order chi connectivity index (χ1) is 10.3. The summed E-state index contributed by atoms with van der Waals surface area (Å²) in [7, 11) is 0. The van der Waals surface area contributed by atoms with Crippen molar-refractivity contribution in [3.05, 3.63) is 52.2 Å². The van der Waals surface area contributed by atoms with Gasteiger partial charge in [-0.25, -0.2) is 0 Å². The first-order valence-electron chi connectivity index (χ1n) is 7.22. The molecule has 0 aliphatic carbocycles. The fourth-order valence-electron chi connectivity index (χ4n) is 2.40. The molecule has 0 aliphatic heterocycles. The lowest BCUT2D eigenvalue weighted by Gasteiger charge is -2.17. The summed E-state index contributed by atoms with van der Waals surface area (Å²) in [6.07, 6.45) is 0. The maximum atomic E-state index is 9.46. The number of aromatic nitrogens is 1. The number of rotatable bonds is 2. The van der Waals surface area contributed by atoms with E-state index in [-0.39, 0.29) is 0 Å². The molecule has 0 fully saturated rings. The molecule has 0 saturated heterocycles. The Morgan fingerprint density at radius 3 is 2.05 bits per heavy atom. The van der Waals surface area contributed by atoms with Crippen LogP contribution >= 0.6 is 0 Å². The zero-order chi connectivity index (χ0) is 16.5. The maximum absolute atomic E-state index is 9.46. The molecule has 1 aromatic carbocycles.